The van der Waals surface area contributed by atoms with Gasteiger partial charge in [-0.05, 0) is 87.5 Å². The molecule has 0 saturated heterocycles. The second-order valence-electron chi connectivity index (χ2n) is 11.7. The van der Waals surface area contributed by atoms with Crippen LogP contribution in [0.15, 0.2) is 34.9 Å². The Balaban J connectivity index is 1.41. The van der Waals surface area contributed by atoms with Crippen molar-refractivity contribution in [3.8, 4) is 0 Å². The Kier molecular flexibility index (Phi) is 5.72. The number of rotatable bonds is 4. The van der Waals surface area contributed by atoms with Crippen LogP contribution in [0.5, 0.6) is 0 Å². The smallest absolute Gasteiger partial charge is 0.336 e. The van der Waals surface area contributed by atoms with Gasteiger partial charge in [0.1, 0.15) is 6.10 Å². The van der Waals surface area contributed by atoms with E-state index < -0.39 is 5.97 Å². The zero-order chi connectivity index (χ0) is 23.5. The van der Waals surface area contributed by atoms with Crippen LogP contribution >= 0.6 is 0 Å². The average molecular weight is 455 g/mol. The highest BCUT2D eigenvalue weighted by molar-refractivity contribution is 5.98. The summed E-state index contributed by atoms with van der Waals surface area (Å²) in [6.07, 6.45) is 12.6. The molecule has 1 aliphatic heterocycles. The largest absolute Gasteiger partial charge is 0.458 e. The van der Waals surface area contributed by atoms with Crippen molar-refractivity contribution in [3.63, 3.8) is 0 Å². The van der Waals surface area contributed by atoms with Gasteiger partial charge in [0.25, 0.3) is 0 Å². The number of aliphatic hydroxyl groups excluding tert-OH is 2. The molecule has 4 aliphatic carbocycles. The molecule has 0 unspecified atom stereocenters. The molecule has 1 heterocycles. The summed E-state index contributed by atoms with van der Waals surface area (Å²) in [5, 5.41) is 20.0. The van der Waals surface area contributed by atoms with Crippen molar-refractivity contribution in [3.05, 3.63) is 34.9 Å². The van der Waals surface area contributed by atoms with E-state index in [-0.39, 0.29) is 47.8 Å². The lowest BCUT2D eigenvalue weighted by Crippen LogP contribution is -2.53. The lowest BCUT2D eigenvalue weighted by molar-refractivity contribution is -0.154. The topological polar surface area (TPSA) is 83.8 Å². The molecule has 33 heavy (non-hydrogen) atoms. The van der Waals surface area contributed by atoms with Crippen LogP contribution in [-0.4, -0.2) is 41.3 Å². The molecule has 0 aromatic heterocycles. The summed E-state index contributed by atoms with van der Waals surface area (Å²) in [6, 6.07) is 0. The zero-order valence-electron chi connectivity index (χ0n) is 20.2. The summed E-state index contributed by atoms with van der Waals surface area (Å²) >= 11 is 0. The molecule has 0 radical (unpaired) electrons. The van der Waals surface area contributed by atoms with Crippen LogP contribution in [0.1, 0.15) is 65.7 Å². The average Bonchev–Trinajstić information content (AvgIpc) is 3.12. The fourth-order valence-electron chi connectivity index (χ4n) is 8.70. The van der Waals surface area contributed by atoms with Crippen molar-refractivity contribution < 1.29 is 24.5 Å². The van der Waals surface area contributed by atoms with Gasteiger partial charge in [-0.15, -0.1) is 0 Å². The van der Waals surface area contributed by atoms with Crippen molar-refractivity contribution in [1.82, 2.24) is 0 Å². The Bertz CT molecular complexity index is 944. The van der Waals surface area contributed by atoms with Crippen molar-refractivity contribution >= 4 is 11.8 Å². The number of cyclic esters (lactones) is 1. The summed E-state index contributed by atoms with van der Waals surface area (Å²) in [5.41, 5.74) is 2.28. The number of esters is 1. The van der Waals surface area contributed by atoms with E-state index in [2.05, 4.69) is 19.9 Å². The maximum atomic E-state index is 13.1. The third-order valence-electron chi connectivity index (χ3n) is 10.6. The second-order valence-corrected chi connectivity index (χ2v) is 11.7. The molecule has 5 rings (SSSR count). The van der Waals surface area contributed by atoms with Crippen LogP contribution in [0.25, 0.3) is 0 Å². The van der Waals surface area contributed by atoms with Gasteiger partial charge in [-0.3, -0.25) is 4.79 Å². The number of aliphatic hydroxyl groups is 2. The van der Waals surface area contributed by atoms with E-state index in [0.717, 1.165) is 44.1 Å². The molecular weight excluding hydrogens is 416 g/mol. The number of ether oxygens (including phenoxy) is 1. The predicted molar refractivity (Wildman–Crippen MR) is 125 cm³/mol. The van der Waals surface area contributed by atoms with Gasteiger partial charge >= 0.3 is 5.97 Å². The number of hydrogen-bond donors (Lipinski definition) is 2. The van der Waals surface area contributed by atoms with E-state index in [1.807, 2.05) is 13.0 Å². The van der Waals surface area contributed by atoms with Gasteiger partial charge in [-0.2, -0.15) is 0 Å². The maximum absolute atomic E-state index is 13.1. The third-order valence-corrected chi connectivity index (χ3v) is 10.6. The molecule has 2 fully saturated rings. The second kappa shape index (κ2) is 8.20. The first-order chi connectivity index (χ1) is 15.8. The SMILES string of the molecule is CC1=C(CO)C(=O)O[C@@H]([C@@H](CO)[C@H]2CC[C@H]3[C@@H]4CC=C5CC=CC(=O)[C@]5(C)[C@H]4CC[C@]23C)C1. The van der Waals surface area contributed by atoms with E-state index in [4.69, 9.17) is 4.74 Å². The number of carbonyl (C=O) groups is 2. The van der Waals surface area contributed by atoms with Crippen molar-refractivity contribution in [2.45, 2.75) is 71.8 Å². The van der Waals surface area contributed by atoms with E-state index >= 15 is 0 Å². The van der Waals surface area contributed by atoms with E-state index in [0.29, 0.717) is 29.7 Å². The minimum absolute atomic E-state index is 0.00576. The minimum Gasteiger partial charge on any atom is -0.458 e. The molecule has 5 aliphatic rings. The molecule has 0 aromatic rings. The van der Waals surface area contributed by atoms with Gasteiger partial charge in [-0.1, -0.05) is 30.2 Å². The summed E-state index contributed by atoms with van der Waals surface area (Å²) in [6.45, 7) is 6.18. The monoisotopic (exact) mass is 454 g/mol. The molecule has 2 saturated carbocycles. The molecule has 5 nitrogen and oxygen atoms in total. The Labute approximate surface area is 197 Å². The first-order valence-electron chi connectivity index (χ1n) is 12.8. The lowest BCUT2D eigenvalue weighted by Gasteiger charge is -2.57. The Hall–Kier alpha value is -1.72. The number of allylic oxidation sites excluding steroid dienone is 4. The number of carbonyl (C=O) groups excluding carboxylic acids is 2. The quantitative estimate of drug-likeness (QED) is 0.493. The van der Waals surface area contributed by atoms with Gasteiger partial charge in [-0.25, -0.2) is 4.79 Å². The van der Waals surface area contributed by atoms with Gasteiger partial charge in [0.15, 0.2) is 5.78 Å². The molecule has 8 atom stereocenters. The van der Waals surface area contributed by atoms with Crippen molar-refractivity contribution in [2.75, 3.05) is 13.2 Å². The minimum atomic E-state index is -0.435. The summed E-state index contributed by atoms with van der Waals surface area (Å²) in [4.78, 5) is 25.6. The van der Waals surface area contributed by atoms with Gasteiger partial charge in [0.2, 0.25) is 0 Å². The summed E-state index contributed by atoms with van der Waals surface area (Å²) in [7, 11) is 0. The standard InChI is InChI=1S/C28H38O5/c1-16-13-24(33-26(32)19(16)14-29)20(15-30)22-10-9-21-18-8-7-17-5-4-6-25(31)28(17,3)23(18)11-12-27(21,22)2/h4,6-7,18,20-24,29-30H,5,8-15H2,1-3H3/t18-,20-,21-,22+,23-,24+,27-,28-/m0/s1. The van der Waals surface area contributed by atoms with Crippen LogP contribution in [0.3, 0.4) is 0 Å². The van der Waals surface area contributed by atoms with Crippen molar-refractivity contribution in [1.29, 1.82) is 0 Å². The molecule has 5 heteroatoms. The van der Waals surface area contributed by atoms with Crippen LogP contribution in [0.2, 0.25) is 0 Å². The van der Waals surface area contributed by atoms with Crippen LogP contribution < -0.4 is 0 Å². The first-order valence-corrected chi connectivity index (χ1v) is 12.8. The normalized spacial score (nSPS) is 43.4. The fraction of sp³-hybridized carbons (Fsp3) is 0.714. The highest BCUT2D eigenvalue weighted by atomic mass is 16.5. The highest BCUT2D eigenvalue weighted by Gasteiger charge is 2.61. The van der Waals surface area contributed by atoms with Gasteiger partial charge in [0, 0.05) is 18.9 Å². The van der Waals surface area contributed by atoms with E-state index in [9.17, 15) is 19.8 Å². The highest BCUT2D eigenvalue weighted by Crippen LogP contribution is 2.66. The molecule has 180 valence electrons. The van der Waals surface area contributed by atoms with Gasteiger partial charge < -0.3 is 14.9 Å². The molecule has 2 N–H and O–H groups in total. The summed E-state index contributed by atoms with van der Waals surface area (Å²) < 4.78 is 5.78. The molecule has 0 bridgehead atoms. The predicted octanol–water partition coefficient (Wildman–Crippen LogP) is 4.14. The van der Waals surface area contributed by atoms with E-state index in [1.54, 1.807) is 6.08 Å². The molecule has 0 aromatic carbocycles. The fourth-order valence-corrected chi connectivity index (χ4v) is 8.70. The summed E-state index contributed by atoms with van der Waals surface area (Å²) in [5.74, 6) is 1.44. The first kappa shape index (κ1) is 23.0. The molecular formula is C28H38O5. The molecule has 0 spiro atoms. The number of ketones is 1. The Morgan fingerprint density at radius 2 is 1.94 bits per heavy atom. The maximum Gasteiger partial charge on any atom is 0.336 e. The third kappa shape index (κ3) is 3.25. The zero-order valence-corrected chi connectivity index (χ0v) is 20.2. The Morgan fingerprint density at radius 1 is 1.15 bits per heavy atom. The lowest BCUT2D eigenvalue weighted by atomic mass is 9.47. The van der Waals surface area contributed by atoms with Crippen LogP contribution in [-0.2, 0) is 14.3 Å². The van der Waals surface area contributed by atoms with Crippen molar-refractivity contribution in [2.24, 2.45) is 40.4 Å². The Morgan fingerprint density at radius 3 is 2.64 bits per heavy atom. The van der Waals surface area contributed by atoms with Crippen LogP contribution in [0, 0.1) is 40.4 Å². The molecule has 0 amide bonds. The van der Waals surface area contributed by atoms with Gasteiger partial charge in [0.05, 0.1) is 17.6 Å². The number of fused-ring (bicyclic) bond motifs is 5. The van der Waals surface area contributed by atoms with E-state index in [1.165, 1.54) is 5.57 Å². The number of hydrogen-bond acceptors (Lipinski definition) is 5. The van der Waals surface area contributed by atoms with Crippen LogP contribution in [0.4, 0.5) is 0 Å².